The van der Waals surface area contributed by atoms with Crippen molar-refractivity contribution in [1.29, 1.82) is 0 Å². The second-order valence-corrected chi connectivity index (χ2v) is 10.1. The first kappa shape index (κ1) is 27.3. The highest BCUT2D eigenvalue weighted by Crippen LogP contribution is 2.34. The first-order valence-electron chi connectivity index (χ1n) is 11.5. The van der Waals surface area contributed by atoms with E-state index in [1.807, 2.05) is 37.6 Å². The van der Waals surface area contributed by atoms with Crippen molar-refractivity contribution in [3.63, 3.8) is 0 Å². The molecule has 0 saturated carbocycles. The van der Waals surface area contributed by atoms with Crippen molar-refractivity contribution in [3.8, 4) is 34.8 Å². The highest BCUT2D eigenvalue weighted by molar-refractivity contribution is 7.90. The molecule has 0 aliphatic carbocycles. The van der Waals surface area contributed by atoms with E-state index in [0.29, 0.717) is 17.0 Å². The molecule has 13 heteroatoms. The smallest absolute Gasteiger partial charge is 0.319 e. The van der Waals surface area contributed by atoms with Gasteiger partial charge in [0.2, 0.25) is 11.8 Å². The average Bonchev–Trinajstić information content (AvgIpc) is 2.90. The van der Waals surface area contributed by atoms with E-state index in [9.17, 15) is 13.2 Å². The lowest BCUT2D eigenvalue weighted by molar-refractivity contribution is 0.0978. The van der Waals surface area contributed by atoms with Gasteiger partial charge >= 0.3 is 6.01 Å². The Bertz CT molecular complexity index is 1650. The summed E-state index contributed by atoms with van der Waals surface area (Å²) in [5.41, 5.74) is 8.80. The van der Waals surface area contributed by atoms with Crippen molar-refractivity contribution >= 4 is 21.7 Å². The minimum absolute atomic E-state index is 0.0126. The molecule has 0 saturated heterocycles. The molecule has 3 heterocycles. The molecule has 3 aromatic heterocycles. The third kappa shape index (κ3) is 5.88. The van der Waals surface area contributed by atoms with E-state index in [1.54, 1.807) is 0 Å². The molecular formula is C26H26N6O6S. The van der Waals surface area contributed by atoms with E-state index in [1.165, 1.54) is 50.7 Å². The standard InChI is InChI=1S/C26H26N6O6S/c1-14-11-15(2)22(16(3)12-14)38-25-17(23(33)32-39(34,35)21-8-6-7-20(27)30-21)9-10-19(29-25)18-13-28-26(37-5)31-24(18)36-4/h6-13H,1-5H3,(H2,27,30)(H,32,33). The molecule has 39 heavy (non-hydrogen) atoms. The first-order valence-corrected chi connectivity index (χ1v) is 13.0. The van der Waals surface area contributed by atoms with E-state index < -0.39 is 21.0 Å². The van der Waals surface area contributed by atoms with Gasteiger partial charge in [0, 0.05) is 6.20 Å². The molecule has 4 aromatic rings. The molecule has 0 spiro atoms. The largest absolute Gasteiger partial charge is 0.480 e. The van der Waals surface area contributed by atoms with Crippen molar-refractivity contribution < 1.29 is 27.4 Å². The lowest BCUT2D eigenvalue weighted by Crippen LogP contribution is -2.31. The summed E-state index contributed by atoms with van der Waals surface area (Å²) in [6, 6.07) is 10.9. The number of rotatable bonds is 8. The Morgan fingerprint density at radius 3 is 2.28 bits per heavy atom. The molecule has 0 radical (unpaired) electrons. The molecule has 0 fully saturated rings. The zero-order chi connectivity index (χ0) is 28.3. The van der Waals surface area contributed by atoms with Crippen LogP contribution in [0.2, 0.25) is 0 Å². The van der Waals surface area contributed by atoms with Crippen LogP contribution in [0.5, 0.6) is 23.5 Å². The minimum Gasteiger partial charge on any atom is -0.480 e. The first-order chi connectivity index (χ1) is 18.5. The second-order valence-electron chi connectivity index (χ2n) is 8.49. The third-order valence-corrected chi connectivity index (χ3v) is 6.77. The number of nitrogen functional groups attached to an aromatic ring is 1. The average molecular weight is 551 g/mol. The lowest BCUT2D eigenvalue weighted by atomic mass is 10.1. The van der Waals surface area contributed by atoms with Gasteiger partial charge in [0.15, 0.2) is 5.03 Å². The monoisotopic (exact) mass is 550 g/mol. The molecule has 4 rings (SSSR count). The number of aryl methyl sites for hydroxylation is 3. The van der Waals surface area contributed by atoms with Gasteiger partial charge in [0.25, 0.3) is 15.9 Å². The van der Waals surface area contributed by atoms with Gasteiger partial charge in [-0.1, -0.05) is 23.8 Å². The van der Waals surface area contributed by atoms with Gasteiger partial charge in [-0.15, -0.1) is 0 Å². The van der Waals surface area contributed by atoms with Gasteiger partial charge in [0.1, 0.15) is 17.1 Å². The number of pyridine rings is 2. The van der Waals surface area contributed by atoms with Crippen LogP contribution in [-0.2, 0) is 10.0 Å². The number of methoxy groups -OCH3 is 2. The summed E-state index contributed by atoms with van der Waals surface area (Å²) >= 11 is 0. The van der Waals surface area contributed by atoms with Gasteiger partial charge in [0.05, 0.1) is 25.5 Å². The van der Waals surface area contributed by atoms with Crippen LogP contribution >= 0.6 is 0 Å². The molecule has 0 bridgehead atoms. The molecule has 202 valence electrons. The quantitative estimate of drug-likeness (QED) is 0.330. The van der Waals surface area contributed by atoms with Crippen LogP contribution in [0.25, 0.3) is 11.3 Å². The maximum absolute atomic E-state index is 13.3. The number of hydrogen-bond acceptors (Lipinski definition) is 11. The van der Waals surface area contributed by atoms with E-state index in [2.05, 4.69) is 19.9 Å². The van der Waals surface area contributed by atoms with E-state index in [-0.39, 0.29) is 29.2 Å². The van der Waals surface area contributed by atoms with Gasteiger partial charge in [-0.25, -0.2) is 19.7 Å². The summed E-state index contributed by atoms with van der Waals surface area (Å²) in [7, 11) is -1.50. The van der Waals surface area contributed by atoms with Crippen LogP contribution < -0.4 is 24.7 Å². The van der Waals surface area contributed by atoms with Gasteiger partial charge in [-0.3, -0.25) is 4.79 Å². The molecule has 0 aliphatic rings. The molecule has 12 nitrogen and oxygen atoms in total. The number of amides is 1. The van der Waals surface area contributed by atoms with Crippen molar-refractivity contribution in [2.75, 3.05) is 20.0 Å². The molecule has 0 atom stereocenters. The molecule has 1 amide bonds. The van der Waals surface area contributed by atoms with Crippen LogP contribution in [0.4, 0.5) is 5.82 Å². The number of carbonyl (C=O) groups is 1. The zero-order valence-electron chi connectivity index (χ0n) is 21.8. The Labute approximate surface area is 225 Å². The Morgan fingerprint density at radius 2 is 1.64 bits per heavy atom. The summed E-state index contributed by atoms with van der Waals surface area (Å²) in [6.45, 7) is 5.66. The second kappa shape index (κ2) is 10.9. The lowest BCUT2D eigenvalue weighted by Gasteiger charge is -2.16. The van der Waals surface area contributed by atoms with Gasteiger partial charge < -0.3 is 19.9 Å². The number of carbonyl (C=O) groups excluding carboxylic acids is 1. The maximum atomic E-state index is 13.3. The molecule has 1 aromatic carbocycles. The highest BCUT2D eigenvalue weighted by Gasteiger charge is 2.25. The Kier molecular flexibility index (Phi) is 7.63. The number of ether oxygens (including phenoxy) is 3. The topological polar surface area (TPSA) is 169 Å². The number of benzene rings is 1. The Morgan fingerprint density at radius 1 is 0.923 bits per heavy atom. The summed E-state index contributed by atoms with van der Waals surface area (Å²) in [5.74, 6) is -0.489. The fourth-order valence-corrected chi connectivity index (χ4v) is 4.80. The SMILES string of the molecule is COc1ncc(-c2ccc(C(=O)NS(=O)(=O)c3cccc(N)n3)c(Oc3c(C)cc(C)cc3C)n2)c(OC)n1. The number of nitrogens with zero attached hydrogens (tertiary/aromatic N) is 4. The molecule has 3 N–H and O–H groups in total. The maximum Gasteiger partial charge on any atom is 0.319 e. The number of hydrogen-bond donors (Lipinski definition) is 2. The number of aromatic nitrogens is 4. The number of nitrogens with two attached hydrogens (primary N) is 1. The fraction of sp³-hybridized carbons (Fsp3) is 0.192. The van der Waals surface area contributed by atoms with E-state index in [0.717, 1.165) is 16.7 Å². The third-order valence-electron chi connectivity index (χ3n) is 5.54. The van der Waals surface area contributed by atoms with Crippen LogP contribution in [0.3, 0.4) is 0 Å². The van der Waals surface area contributed by atoms with Gasteiger partial charge in [-0.2, -0.15) is 13.4 Å². The normalized spacial score (nSPS) is 11.1. The summed E-state index contributed by atoms with van der Waals surface area (Å²) < 4.78 is 44.3. The van der Waals surface area contributed by atoms with Crippen LogP contribution in [0.15, 0.2) is 53.7 Å². The molecule has 0 unspecified atom stereocenters. The minimum atomic E-state index is -4.35. The van der Waals surface area contributed by atoms with Crippen molar-refractivity contribution in [3.05, 3.63) is 70.9 Å². The van der Waals surface area contributed by atoms with Crippen molar-refractivity contribution in [2.45, 2.75) is 25.8 Å². The van der Waals surface area contributed by atoms with Crippen LogP contribution in [0.1, 0.15) is 27.0 Å². The summed E-state index contributed by atoms with van der Waals surface area (Å²) in [4.78, 5) is 29.9. The van der Waals surface area contributed by atoms with Crippen LogP contribution in [-0.4, -0.2) is 48.5 Å². The summed E-state index contributed by atoms with van der Waals surface area (Å²) in [6.07, 6.45) is 1.45. The van der Waals surface area contributed by atoms with Gasteiger partial charge in [-0.05, 0) is 56.2 Å². The van der Waals surface area contributed by atoms with E-state index in [4.69, 9.17) is 19.9 Å². The predicted molar refractivity (Wildman–Crippen MR) is 142 cm³/mol. The van der Waals surface area contributed by atoms with Crippen molar-refractivity contribution in [2.24, 2.45) is 0 Å². The molecular weight excluding hydrogens is 524 g/mol. The fourth-order valence-electron chi connectivity index (χ4n) is 3.86. The predicted octanol–water partition coefficient (Wildman–Crippen LogP) is 3.37. The molecule has 0 aliphatic heterocycles. The van der Waals surface area contributed by atoms with Crippen molar-refractivity contribution in [1.82, 2.24) is 24.7 Å². The number of anilines is 1. The van der Waals surface area contributed by atoms with E-state index >= 15 is 0 Å². The Hall–Kier alpha value is -4.78. The van der Waals surface area contributed by atoms with Crippen LogP contribution in [0, 0.1) is 20.8 Å². The number of sulfonamides is 1. The summed E-state index contributed by atoms with van der Waals surface area (Å²) in [5, 5.41) is -0.409. The Balaban J connectivity index is 1.81. The number of nitrogens with one attached hydrogen (secondary N) is 1. The highest BCUT2D eigenvalue weighted by atomic mass is 32.2. The zero-order valence-corrected chi connectivity index (χ0v) is 22.7.